The van der Waals surface area contributed by atoms with Crippen molar-refractivity contribution in [2.45, 2.75) is 12.5 Å². The van der Waals surface area contributed by atoms with Gasteiger partial charge in [0.25, 0.3) is 0 Å². The molecule has 0 amide bonds. The Morgan fingerprint density at radius 3 is 2.72 bits per heavy atom. The first-order chi connectivity index (χ1) is 8.65. The first-order valence-electron chi connectivity index (χ1n) is 5.74. The summed E-state index contributed by atoms with van der Waals surface area (Å²) in [4.78, 5) is 10.9. The minimum absolute atomic E-state index is 0.0998. The van der Waals surface area contributed by atoms with Gasteiger partial charge in [0.15, 0.2) is 11.5 Å². The second-order valence-electron chi connectivity index (χ2n) is 4.50. The van der Waals surface area contributed by atoms with Crippen LogP contribution in [0.1, 0.15) is 18.0 Å². The molecule has 96 valence electrons. The Morgan fingerprint density at radius 2 is 2.06 bits per heavy atom. The van der Waals surface area contributed by atoms with E-state index in [1.54, 1.807) is 6.07 Å². The molecular weight excluding hydrogens is 238 g/mol. The van der Waals surface area contributed by atoms with Gasteiger partial charge >= 0.3 is 5.97 Å². The van der Waals surface area contributed by atoms with Crippen molar-refractivity contribution in [2.75, 3.05) is 13.3 Å². The smallest absolute Gasteiger partial charge is 0.307 e. The van der Waals surface area contributed by atoms with Gasteiger partial charge in [-0.05, 0) is 12.5 Å². The molecule has 2 aliphatic heterocycles. The topological polar surface area (TPSA) is 88.0 Å². The summed E-state index contributed by atoms with van der Waals surface area (Å²) >= 11 is 0. The number of phenolic OH excluding ortho intramolecular Hbond substituents is 1. The highest BCUT2D eigenvalue weighted by atomic mass is 16.7. The normalized spacial score (nSPS) is 25.3. The number of aromatic hydroxyl groups is 1. The molecule has 1 aromatic carbocycles. The molecule has 0 radical (unpaired) electrons. The maximum Gasteiger partial charge on any atom is 0.307 e. The van der Waals surface area contributed by atoms with Crippen molar-refractivity contribution in [3.8, 4) is 17.2 Å². The molecule has 18 heavy (non-hydrogen) atoms. The number of rotatable bonds is 2. The summed E-state index contributed by atoms with van der Waals surface area (Å²) in [6.45, 7) is 0.557. The van der Waals surface area contributed by atoms with Crippen LogP contribution in [0.25, 0.3) is 0 Å². The molecule has 2 heterocycles. The summed E-state index contributed by atoms with van der Waals surface area (Å²) in [5, 5.41) is 22.0. The average Bonchev–Trinajstić information content (AvgIpc) is 2.94. The van der Waals surface area contributed by atoms with E-state index < -0.39 is 11.9 Å². The maximum atomic E-state index is 10.9. The molecule has 0 spiro atoms. The van der Waals surface area contributed by atoms with Crippen LogP contribution in [0.15, 0.2) is 12.1 Å². The van der Waals surface area contributed by atoms with Crippen molar-refractivity contribution in [1.29, 1.82) is 0 Å². The Hall–Kier alpha value is -1.95. The average molecular weight is 251 g/mol. The monoisotopic (exact) mass is 251 g/mol. The number of carbonyl (C=O) groups is 1. The van der Waals surface area contributed by atoms with Crippen LogP contribution in [-0.4, -0.2) is 29.5 Å². The molecule has 2 aliphatic rings. The fourth-order valence-electron chi connectivity index (χ4n) is 2.39. The first kappa shape index (κ1) is 11.2. The van der Waals surface area contributed by atoms with E-state index in [1.165, 1.54) is 6.07 Å². The molecule has 3 rings (SSSR count). The number of benzene rings is 1. The van der Waals surface area contributed by atoms with Crippen LogP contribution in [0.2, 0.25) is 0 Å². The van der Waals surface area contributed by atoms with Gasteiger partial charge in [0.2, 0.25) is 6.79 Å². The molecule has 1 aromatic rings. The molecule has 2 unspecified atom stereocenters. The lowest BCUT2D eigenvalue weighted by molar-refractivity contribution is -0.141. The van der Waals surface area contributed by atoms with E-state index in [-0.39, 0.29) is 18.6 Å². The van der Waals surface area contributed by atoms with E-state index in [0.717, 1.165) is 0 Å². The second kappa shape index (κ2) is 4.06. The van der Waals surface area contributed by atoms with E-state index in [4.69, 9.17) is 14.6 Å². The van der Waals surface area contributed by atoms with Crippen LogP contribution in [0.3, 0.4) is 0 Å². The predicted molar refractivity (Wildman–Crippen MR) is 60.7 cm³/mol. The largest absolute Gasteiger partial charge is 0.507 e. The van der Waals surface area contributed by atoms with Crippen LogP contribution < -0.4 is 14.8 Å². The predicted octanol–water partition coefficient (Wildman–Crippen LogP) is 0.856. The van der Waals surface area contributed by atoms with Crippen molar-refractivity contribution in [1.82, 2.24) is 5.32 Å². The van der Waals surface area contributed by atoms with Gasteiger partial charge < -0.3 is 25.0 Å². The number of fused-ring (bicyclic) bond motifs is 1. The Balaban J connectivity index is 1.87. The molecule has 0 aromatic heterocycles. The van der Waals surface area contributed by atoms with Gasteiger partial charge in [-0.2, -0.15) is 0 Å². The lowest BCUT2D eigenvalue weighted by Crippen LogP contribution is -2.17. The number of ether oxygens (including phenoxy) is 2. The molecule has 6 nitrogen and oxygen atoms in total. The third-order valence-corrected chi connectivity index (χ3v) is 3.38. The van der Waals surface area contributed by atoms with Gasteiger partial charge in [0.1, 0.15) is 5.75 Å². The van der Waals surface area contributed by atoms with Crippen LogP contribution in [-0.2, 0) is 4.79 Å². The van der Waals surface area contributed by atoms with Gasteiger partial charge in [0.05, 0.1) is 5.92 Å². The Bertz CT molecular complexity index is 501. The number of hydrogen-bond acceptors (Lipinski definition) is 5. The van der Waals surface area contributed by atoms with Crippen molar-refractivity contribution in [2.24, 2.45) is 5.92 Å². The summed E-state index contributed by atoms with van der Waals surface area (Å²) in [5.41, 5.74) is 0.656. The van der Waals surface area contributed by atoms with E-state index in [0.29, 0.717) is 30.0 Å². The number of hydrogen-bond donors (Lipinski definition) is 3. The zero-order valence-corrected chi connectivity index (χ0v) is 9.55. The minimum atomic E-state index is -0.815. The molecule has 1 fully saturated rings. The van der Waals surface area contributed by atoms with Crippen molar-refractivity contribution >= 4 is 5.97 Å². The highest BCUT2D eigenvalue weighted by Crippen LogP contribution is 2.42. The van der Waals surface area contributed by atoms with Crippen LogP contribution in [0, 0.1) is 5.92 Å². The highest BCUT2D eigenvalue weighted by molar-refractivity contribution is 5.71. The maximum absolute atomic E-state index is 10.9. The fraction of sp³-hybridized carbons (Fsp3) is 0.417. The molecule has 0 aliphatic carbocycles. The SMILES string of the molecule is O=C(O)C1CNC(c2cc3c(cc2O)OCO3)C1. The first-order valence-corrected chi connectivity index (χ1v) is 5.74. The molecule has 0 saturated carbocycles. The van der Waals surface area contributed by atoms with Gasteiger partial charge in [-0.3, -0.25) is 4.79 Å². The second-order valence-corrected chi connectivity index (χ2v) is 4.50. The minimum Gasteiger partial charge on any atom is -0.507 e. The standard InChI is InChI=1S/C12H13NO5/c14-9-3-11-10(17-5-18-11)2-7(9)8-1-6(4-13-8)12(15)16/h2-3,6,8,13-14H,1,4-5H2,(H,15,16). The number of nitrogens with one attached hydrogen (secondary N) is 1. The van der Waals surface area contributed by atoms with Gasteiger partial charge in [-0.25, -0.2) is 0 Å². The summed E-state index contributed by atoms with van der Waals surface area (Å²) in [6.07, 6.45) is 0.461. The zero-order valence-electron chi connectivity index (χ0n) is 9.55. The zero-order chi connectivity index (χ0) is 12.7. The molecule has 1 saturated heterocycles. The third-order valence-electron chi connectivity index (χ3n) is 3.38. The molecule has 2 atom stereocenters. The fourth-order valence-corrected chi connectivity index (χ4v) is 2.39. The van der Waals surface area contributed by atoms with Gasteiger partial charge in [0, 0.05) is 24.2 Å². The number of carboxylic acid groups (broad SMARTS) is 1. The number of carboxylic acids is 1. The quantitative estimate of drug-likeness (QED) is 0.722. The lowest BCUT2D eigenvalue weighted by Gasteiger charge is -2.13. The third kappa shape index (κ3) is 1.74. The van der Waals surface area contributed by atoms with Gasteiger partial charge in [-0.15, -0.1) is 0 Å². The van der Waals surface area contributed by atoms with E-state index >= 15 is 0 Å². The summed E-state index contributed by atoms with van der Waals surface area (Å²) in [5.74, 6) is -0.0275. The summed E-state index contributed by atoms with van der Waals surface area (Å²) in [7, 11) is 0. The Labute approximate surface area is 103 Å². The molecular formula is C12H13NO5. The highest BCUT2D eigenvalue weighted by Gasteiger charge is 2.32. The number of phenols is 1. The number of aliphatic carboxylic acids is 1. The summed E-state index contributed by atoms with van der Waals surface area (Å²) in [6, 6.07) is 3.05. The molecule has 0 bridgehead atoms. The Kier molecular flexibility index (Phi) is 2.52. The Morgan fingerprint density at radius 1 is 1.33 bits per heavy atom. The van der Waals surface area contributed by atoms with E-state index in [1.807, 2.05) is 0 Å². The van der Waals surface area contributed by atoms with Crippen molar-refractivity contribution in [3.05, 3.63) is 17.7 Å². The van der Waals surface area contributed by atoms with Crippen LogP contribution in [0.5, 0.6) is 17.2 Å². The van der Waals surface area contributed by atoms with Crippen LogP contribution >= 0.6 is 0 Å². The van der Waals surface area contributed by atoms with Crippen molar-refractivity contribution in [3.63, 3.8) is 0 Å². The van der Waals surface area contributed by atoms with Crippen LogP contribution in [0.4, 0.5) is 0 Å². The van der Waals surface area contributed by atoms with Crippen molar-refractivity contribution < 1.29 is 24.5 Å². The summed E-state index contributed by atoms with van der Waals surface area (Å²) < 4.78 is 10.4. The molecule has 6 heteroatoms. The van der Waals surface area contributed by atoms with Gasteiger partial charge in [-0.1, -0.05) is 0 Å². The lowest BCUT2D eigenvalue weighted by atomic mass is 9.99. The van der Waals surface area contributed by atoms with E-state index in [2.05, 4.69) is 5.32 Å². The molecule has 3 N–H and O–H groups in total. The van der Waals surface area contributed by atoms with E-state index in [9.17, 15) is 9.90 Å².